The summed E-state index contributed by atoms with van der Waals surface area (Å²) in [7, 11) is 0. The molecule has 0 aliphatic carbocycles. The zero-order valence-corrected chi connectivity index (χ0v) is 17.4. The fourth-order valence-corrected chi connectivity index (χ4v) is 4.42. The lowest BCUT2D eigenvalue weighted by atomic mass is 10.1. The smallest absolute Gasteiger partial charge is 0.257 e. The average molecular weight is 409 g/mol. The lowest BCUT2D eigenvalue weighted by Crippen LogP contribution is -2.36. The number of carbonyl (C=O) groups excluding carboxylic acids is 2. The fraction of sp³-hybridized carbons (Fsp3) is 0.318. The molecule has 1 N–H and O–H groups in total. The molecule has 0 bridgehead atoms. The topological polar surface area (TPSA) is 67.2 Å². The molecule has 0 saturated heterocycles. The van der Waals surface area contributed by atoms with Gasteiger partial charge in [0, 0.05) is 47.9 Å². The molecular weight excluding hydrogens is 384 g/mol. The highest BCUT2D eigenvalue weighted by Crippen LogP contribution is 2.29. The van der Waals surface area contributed by atoms with Crippen LogP contribution in [-0.2, 0) is 17.8 Å². The van der Waals surface area contributed by atoms with E-state index in [0.717, 1.165) is 22.7 Å². The molecule has 0 spiro atoms. The van der Waals surface area contributed by atoms with E-state index in [1.54, 1.807) is 0 Å². The van der Waals surface area contributed by atoms with Crippen molar-refractivity contribution in [1.82, 2.24) is 14.5 Å². The molecule has 1 aromatic carbocycles. The summed E-state index contributed by atoms with van der Waals surface area (Å²) in [5, 5.41) is 3.49. The van der Waals surface area contributed by atoms with Crippen LogP contribution in [0.15, 0.2) is 48.8 Å². The molecule has 3 heterocycles. The first-order chi connectivity index (χ1) is 14.0. The van der Waals surface area contributed by atoms with Crippen molar-refractivity contribution in [3.8, 4) is 5.69 Å². The van der Waals surface area contributed by atoms with Crippen LogP contribution < -0.4 is 5.32 Å². The maximum Gasteiger partial charge on any atom is 0.257 e. The molecule has 2 aromatic heterocycles. The van der Waals surface area contributed by atoms with Crippen LogP contribution in [0.1, 0.15) is 41.2 Å². The van der Waals surface area contributed by atoms with E-state index in [2.05, 4.69) is 24.1 Å². The molecule has 29 heavy (non-hydrogen) atoms. The minimum absolute atomic E-state index is 0.178. The molecule has 7 heteroatoms. The van der Waals surface area contributed by atoms with Gasteiger partial charge in [-0.15, -0.1) is 0 Å². The first-order valence-corrected chi connectivity index (χ1v) is 10.6. The largest absolute Gasteiger partial charge is 0.337 e. The molecule has 3 aromatic rings. The van der Waals surface area contributed by atoms with Crippen LogP contribution in [0.25, 0.3) is 5.69 Å². The number of nitrogens with one attached hydrogen (secondary N) is 1. The summed E-state index contributed by atoms with van der Waals surface area (Å²) >= 11 is 1.46. The van der Waals surface area contributed by atoms with E-state index in [4.69, 9.17) is 0 Å². The monoisotopic (exact) mass is 408 g/mol. The maximum absolute atomic E-state index is 12.6. The number of aromatic nitrogens is 2. The standard InChI is InChI=1S/C22H24N4O2S/c1-15(2)13-20(27)26-12-9-18-19(14-26)29-22(23-18)24-21(28)16-5-7-17(8-6-16)25-10-3-4-11-25/h3-8,10-11,15H,9,12-14H2,1-2H3,(H,23,24,28). The van der Waals surface area contributed by atoms with Gasteiger partial charge in [0.2, 0.25) is 5.91 Å². The Morgan fingerprint density at radius 2 is 1.90 bits per heavy atom. The Balaban J connectivity index is 1.41. The van der Waals surface area contributed by atoms with Crippen LogP contribution in [0.5, 0.6) is 0 Å². The van der Waals surface area contributed by atoms with Crippen LogP contribution >= 0.6 is 11.3 Å². The second-order valence-corrected chi connectivity index (χ2v) is 8.73. The highest BCUT2D eigenvalue weighted by atomic mass is 32.1. The molecule has 4 rings (SSSR count). The molecule has 1 aliphatic rings. The molecule has 2 amide bonds. The highest BCUT2D eigenvalue weighted by molar-refractivity contribution is 7.15. The summed E-state index contributed by atoms with van der Waals surface area (Å²) in [5.41, 5.74) is 2.58. The zero-order valence-electron chi connectivity index (χ0n) is 16.6. The fourth-order valence-electron chi connectivity index (χ4n) is 3.40. The third-order valence-corrected chi connectivity index (χ3v) is 5.92. The van der Waals surface area contributed by atoms with Crippen LogP contribution in [0.2, 0.25) is 0 Å². The normalized spacial score (nSPS) is 13.4. The Morgan fingerprint density at radius 1 is 1.17 bits per heavy atom. The minimum Gasteiger partial charge on any atom is -0.337 e. The predicted molar refractivity (Wildman–Crippen MR) is 114 cm³/mol. The number of amides is 2. The minimum atomic E-state index is -0.178. The van der Waals surface area contributed by atoms with Crippen molar-refractivity contribution in [2.24, 2.45) is 5.92 Å². The van der Waals surface area contributed by atoms with E-state index in [1.807, 2.05) is 58.3 Å². The second kappa shape index (κ2) is 8.21. The summed E-state index contributed by atoms with van der Waals surface area (Å²) in [6.45, 7) is 5.38. The number of fused-ring (bicyclic) bond motifs is 1. The van der Waals surface area contributed by atoms with Gasteiger partial charge in [0.15, 0.2) is 5.13 Å². The quantitative estimate of drug-likeness (QED) is 0.691. The SMILES string of the molecule is CC(C)CC(=O)N1CCc2nc(NC(=O)c3ccc(-n4cccc4)cc3)sc2C1. The van der Waals surface area contributed by atoms with Gasteiger partial charge in [-0.1, -0.05) is 25.2 Å². The molecule has 0 atom stereocenters. The molecule has 0 saturated carbocycles. The summed E-state index contributed by atoms with van der Waals surface area (Å²) < 4.78 is 1.99. The van der Waals surface area contributed by atoms with E-state index < -0.39 is 0 Å². The number of hydrogen-bond donors (Lipinski definition) is 1. The molecule has 0 radical (unpaired) electrons. The van der Waals surface area contributed by atoms with Crippen molar-refractivity contribution in [3.63, 3.8) is 0 Å². The number of hydrogen-bond acceptors (Lipinski definition) is 4. The van der Waals surface area contributed by atoms with Gasteiger partial charge < -0.3 is 9.47 Å². The molecule has 6 nitrogen and oxygen atoms in total. The average Bonchev–Trinajstić information content (AvgIpc) is 3.36. The van der Waals surface area contributed by atoms with Gasteiger partial charge >= 0.3 is 0 Å². The van der Waals surface area contributed by atoms with Gasteiger partial charge in [-0.2, -0.15) is 0 Å². The van der Waals surface area contributed by atoms with Crippen molar-refractivity contribution < 1.29 is 9.59 Å². The van der Waals surface area contributed by atoms with E-state index >= 15 is 0 Å². The summed E-state index contributed by atoms with van der Waals surface area (Å²) in [5.74, 6) is 0.361. The van der Waals surface area contributed by atoms with Crippen molar-refractivity contribution in [2.75, 3.05) is 11.9 Å². The van der Waals surface area contributed by atoms with Gasteiger partial charge in [0.1, 0.15) is 0 Å². The Kier molecular flexibility index (Phi) is 5.49. The zero-order chi connectivity index (χ0) is 20.4. The van der Waals surface area contributed by atoms with Crippen LogP contribution in [0.4, 0.5) is 5.13 Å². The third kappa shape index (κ3) is 4.40. The lowest BCUT2D eigenvalue weighted by Gasteiger charge is -2.26. The number of thiazole rings is 1. The van der Waals surface area contributed by atoms with Crippen molar-refractivity contribution in [2.45, 2.75) is 33.2 Å². The van der Waals surface area contributed by atoms with Gasteiger partial charge in [-0.25, -0.2) is 4.98 Å². The molecule has 150 valence electrons. The van der Waals surface area contributed by atoms with E-state index in [9.17, 15) is 9.59 Å². The van der Waals surface area contributed by atoms with Gasteiger partial charge in [0.25, 0.3) is 5.91 Å². The number of benzene rings is 1. The van der Waals surface area contributed by atoms with E-state index in [-0.39, 0.29) is 11.8 Å². The number of rotatable bonds is 5. The molecule has 0 fully saturated rings. The van der Waals surface area contributed by atoms with E-state index in [0.29, 0.717) is 36.1 Å². The van der Waals surface area contributed by atoms with Gasteiger partial charge in [0.05, 0.1) is 12.2 Å². The van der Waals surface area contributed by atoms with Crippen molar-refractivity contribution >= 4 is 28.3 Å². The third-order valence-electron chi connectivity index (χ3n) is 4.92. The summed E-state index contributed by atoms with van der Waals surface area (Å²) in [4.78, 5) is 32.5. The Bertz CT molecular complexity index is 1010. The Morgan fingerprint density at radius 3 is 2.59 bits per heavy atom. The second-order valence-electron chi connectivity index (χ2n) is 7.64. The van der Waals surface area contributed by atoms with E-state index in [1.165, 1.54) is 11.3 Å². The molecular formula is C22H24N4O2S. The Labute approximate surface area is 174 Å². The molecule has 0 unspecified atom stereocenters. The first kappa shape index (κ1) is 19.4. The Hall–Kier alpha value is -2.93. The van der Waals surface area contributed by atoms with Gasteiger partial charge in [-0.05, 0) is 42.3 Å². The number of anilines is 1. The maximum atomic E-state index is 12.6. The first-order valence-electron chi connectivity index (χ1n) is 9.80. The summed E-state index contributed by atoms with van der Waals surface area (Å²) in [6.07, 6.45) is 5.22. The van der Waals surface area contributed by atoms with Gasteiger partial charge in [-0.3, -0.25) is 14.9 Å². The summed E-state index contributed by atoms with van der Waals surface area (Å²) in [6, 6.07) is 11.4. The molecule has 1 aliphatic heterocycles. The van der Waals surface area contributed by atoms with Crippen LogP contribution in [0.3, 0.4) is 0 Å². The highest BCUT2D eigenvalue weighted by Gasteiger charge is 2.25. The van der Waals surface area contributed by atoms with Crippen LogP contribution in [0, 0.1) is 5.92 Å². The van der Waals surface area contributed by atoms with Crippen molar-refractivity contribution in [3.05, 3.63) is 64.9 Å². The lowest BCUT2D eigenvalue weighted by molar-refractivity contribution is -0.132. The van der Waals surface area contributed by atoms with Crippen molar-refractivity contribution in [1.29, 1.82) is 0 Å². The number of nitrogens with zero attached hydrogens (tertiary/aromatic N) is 3. The van der Waals surface area contributed by atoms with Crippen LogP contribution in [-0.4, -0.2) is 32.8 Å². The number of carbonyl (C=O) groups is 2. The predicted octanol–water partition coefficient (Wildman–Crippen LogP) is 4.12.